The molecule has 1 N–H and O–H groups in total. The third kappa shape index (κ3) is 16.2. The van der Waals surface area contributed by atoms with E-state index in [1.165, 1.54) is 6.92 Å². The van der Waals surface area contributed by atoms with Crippen LogP contribution in [0.5, 0.6) is 5.75 Å². The number of carbonyl (C=O) groups is 2. The number of ether oxygens (including phenoxy) is 6. The van der Waals surface area contributed by atoms with E-state index in [-0.39, 0.29) is 18.5 Å². The highest BCUT2D eigenvalue weighted by atomic mass is 16.6. The standard InChI is InChI=1S/C22H35NO8/c1-3-4-22(25)31-18-16-29-14-12-27-10-9-26-11-13-28-15-17-30-21-7-5-20(6-8-21)23-19(2)24/h5-8H,3-4,9-18H2,1-2H3,(H,23,24). The van der Waals surface area contributed by atoms with Crippen LogP contribution in [-0.4, -0.2) is 77.9 Å². The summed E-state index contributed by atoms with van der Waals surface area (Å²) in [6, 6.07) is 7.15. The first-order valence-corrected chi connectivity index (χ1v) is 10.6. The molecule has 0 unspecified atom stereocenters. The van der Waals surface area contributed by atoms with Gasteiger partial charge >= 0.3 is 5.97 Å². The van der Waals surface area contributed by atoms with E-state index < -0.39 is 0 Å². The molecule has 0 aliphatic carbocycles. The molecule has 0 saturated heterocycles. The van der Waals surface area contributed by atoms with Gasteiger partial charge in [-0.25, -0.2) is 0 Å². The van der Waals surface area contributed by atoms with Crippen LogP contribution in [0.1, 0.15) is 26.7 Å². The molecule has 0 heterocycles. The van der Waals surface area contributed by atoms with Crippen LogP contribution in [0.2, 0.25) is 0 Å². The van der Waals surface area contributed by atoms with Crippen molar-refractivity contribution in [3.05, 3.63) is 24.3 Å². The van der Waals surface area contributed by atoms with E-state index in [2.05, 4.69) is 5.32 Å². The summed E-state index contributed by atoms with van der Waals surface area (Å²) in [4.78, 5) is 22.1. The molecule has 0 radical (unpaired) electrons. The Morgan fingerprint density at radius 2 is 1.23 bits per heavy atom. The van der Waals surface area contributed by atoms with Gasteiger partial charge in [0, 0.05) is 19.0 Å². The van der Waals surface area contributed by atoms with E-state index in [1.54, 1.807) is 24.3 Å². The van der Waals surface area contributed by atoms with Gasteiger partial charge < -0.3 is 33.7 Å². The molecular formula is C22H35NO8. The Bertz CT molecular complexity index is 594. The third-order valence-electron chi connectivity index (χ3n) is 3.73. The minimum absolute atomic E-state index is 0.108. The lowest BCUT2D eigenvalue weighted by molar-refractivity contribution is -0.145. The van der Waals surface area contributed by atoms with Crippen LogP contribution in [0.3, 0.4) is 0 Å². The fraction of sp³-hybridized carbons (Fsp3) is 0.636. The van der Waals surface area contributed by atoms with Gasteiger partial charge in [-0.05, 0) is 30.7 Å². The zero-order valence-corrected chi connectivity index (χ0v) is 18.6. The maximum absolute atomic E-state index is 11.1. The predicted octanol–water partition coefficient (Wildman–Crippen LogP) is 2.43. The third-order valence-corrected chi connectivity index (χ3v) is 3.73. The summed E-state index contributed by atoms with van der Waals surface area (Å²) >= 11 is 0. The molecule has 1 amide bonds. The van der Waals surface area contributed by atoms with Crippen molar-refractivity contribution in [1.82, 2.24) is 0 Å². The van der Waals surface area contributed by atoms with Gasteiger partial charge in [-0.3, -0.25) is 9.59 Å². The summed E-state index contributed by atoms with van der Waals surface area (Å²) < 4.78 is 32.1. The maximum atomic E-state index is 11.1. The van der Waals surface area contributed by atoms with Gasteiger partial charge in [-0.15, -0.1) is 0 Å². The van der Waals surface area contributed by atoms with E-state index in [1.807, 2.05) is 6.92 Å². The molecular weight excluding hydrogens is 406 g/mol. The molecule has 0 saturated carbocycles. The summed E-state index contributed by atoms with van der Waals surface area (Å²) in [5.74, 6) is 0.418. The number of amides is 1. The minimum atomic E-state index is -0.189. The molecule has 0 aliphatic rings. The highest BCUT2D eigenvalue weighted by Crippen LogP contribution is 2.15. The SMILES string of the molecule is CCCC(=O)OCCOCCOCCOCCOCCOc1ccc(NC(C)=O)cc1. The Balaban J connectivity index is 1.81. The summed E-state index contributed by atoms with van der Waals surface area (Å²) in [5.41, 5.74) is 0.731. The monoisotopic (exact) mass is 441 g/mol. The summed E-state index contributed by atoms with van der Waals surface area (Å²) in [7, 11) is 0. The molecule has 0 aliphatic heterocycles. The Hall–Kier alpha value is -2.20. The normalized spacial score (nSPS) is 10.6. The lowest BCUT2D eigenvalue weighted by atomic mass is 10.3. The highest BCUT2D eigenvalue weighted by Gasteiger charge is 2.00. The maximum Gasteiger partial charge on any atom is 0.305 e. The quantitative estimate of drug-likeness (QED) is 0.258. The number of nitrogens with one attached hydrogen (secondary N) is 1. The molecule has 9 heteroatoms. The lowest BCUT2D eigenvalue weighted by Crippen LogP contribution is -2.15. The second-order valence-electron chi connectivity index (χ2n) is 6.47. The predicted molar refractivity (Wildman–Crippen MR) is 115 cm³/mol. The summed E-state index contributed by atoms with van der Waals surface area (Å²) in [5, 5.41) is 2.70. The largest absolute Gasteiger partial charge is 0.491 e. The molecule has 31 heavy (non-hydrogen) atoms. The van der Waals surface area contributed by atoms with Crippen molar-refractivity contribution in [1.29, 1.82) is 0 Å². The first-order chi connectivity index (χ1) is 15.1. The number of esters is 1. The van der Waals surface area contributed by atoms with Crippen LogP contribution in [0.15, 0.2) is 24.3 Å². The second-order valence-corrected chi connectivity index (χ2v) is 6.47. The van der Waals surface area contributed by atoms with E-state index >= 15 is 0 Å². The van der Waals surface area contributed by atoms with Crippen LogP contribution >= 0.6 is 0 Å². The Labute approximate surface area is 184 Å². The molecule has 0 bridgehead atoms. The molecule has 1 aromatic carbocycles. The molecule has 9 nitrogen and oxygen atoms in total. The first kappa shape index (κ1) is 26.8. The van der Waals surface area contributed by atoms with Crippen molar-refractivity contribution in [2.24, 2.45) is 0 Å². The van der Waals surface area contributed by atoms with Gasteiger partial charge in [0.15, 0.2) is 0 Å². The van der Waals surface area contributed by atoms with E-state index in [4.69, 9.17) is 28.4 Å². The molecule has 176 valence electrons. The number of benzene rings is 1. The van der Waals surface area contributed by atoms with Gasteiger partial charge in [0.05, 0.1) is 52.9 Å². The summed E-state index contributed by atoms with van der Waals surface area (Å²) in [6.07, 6.45) is 1.23. The Kier molecular flexibility index (Phi) is 16.1. The van der Waals surface area contributed by atoms with Crippen LogP contribution in [-0.2, 0) is 33.3 Å². The second kappa shape index (κ2) is 18.6. The Morgan fingerprint density at radius 1 is 0.742 bits per heavy atom. The van der Waals surface area contributed by atoms with E-state index in [0.717, 1.165) is 12.1 Å². The number of carbonyl (C=O) groups excluding carboxylic acids is 2. The highest BCUT2D eigenvalue weighted by molar-refractivity contribution is 5.88. The summed E-state index contributed by atoms with van der Waals surface area (Å²) in [6.45, 7) is 7.76. The van der Waals surface area contributed by atoms with E-state index in [9.17, 15) is 9.59 Å². The molecule has 0 aromatic heterocycles. The molecule has 0 atom stereocenters. The fourth-order valence-corrected chi connectivity index (χ4v) is 2.31. The van der Waals surface area contributed by atoms with Crippen molar-refractivity contribution < 1.29 is 38.0 Å². The van der Waals surface area contributed by atoms with Crippen molar-refractivity contribution in [2.45, 2.75) is 26.7 Å². The van der Waals surface area contributed by atoms with Gasteiger partial charge in [0.1, 0.15) is 19.0 Å². The average molecular weight is 442 g/mol. The molecule has 0 fully saturated rings. The van der Waals surface area contributed by atoms with Crippen LogP contribution < -0.4 is 10.1 Å². The van der Waals surface area contributed by atoms with Gasteiger partial charge in [0.25, 0.3) is 0 Å². The van der Waals surface area contributed by atoms with Crippen molar-refractivity contribution in [3.8, 4) is 5.75 Å². The van der Waals surface area contributed by atoms with E-state index in [0.29, 0.717) is 71.6 Å². The van der Waals surface area contributed by atoms with Crippen molar-refractivity contribution >= 4 is 17.6 Å². The number of hydrogen-bond donors (Lipinski definition) is 1. The first-order valence-electron chi connectivity index (χ1n) is 10.6. The smallest absolute Gasteiger partial charge is 0.305 e. The zero-order chi connectivity index (χ0) is 22.6. The van der Waals surface area contributed by atoms with Crippen molar-refractivity contribution in [3.63, 3.8) is 0 Å². The van der Waals surface area contributed by atoms with Gasteiger partial charge in [-0.2, -0.15) is 0 Å². The lowest BCUT2D eigenvalue weighted by Gasteiger charge is -2.09. The Morgan fingerprint density at radius 3 is 1.71 bits per heavy atom. The van der Waals surface area contributed by atoms with Crippen LogP contribution in [0, 0.1) is 0 Å². The number of hydrogen-bond acceptors (Lipinski definition) is 8. The van der Waals surface area contributed by atoms with Crippen LogP contribution in [0.25, 0.3) is 0 Å². The molecule has 0 spiro atoms. The fourth-order valence-electron chi connectivity index (χ4n) is 2.31. The number of rotatable bonds is 19. The average Bonchev–Trinajstić information content (AvgIpc) is 2.74. The number of anilines is 1. The topological polar surface area (TPSA) is 102 Å². The zero-order valence-electron chi connectivity index (χ0n) is 18.6. The van der Waals surface area contributed by atoms with Gasteiger partial charge in [0.2, 0.25) is 5.91 Å². The minimum Gasteiger partial charge on any atom is -0.491 e. The van der Waals surface area contributed by atoms with Crippen LogP contribution in [0.4, 0.5) is 5.69 Å². The molecule has 1 aromatic rings. The van der Waals surface area contributed by atoms with Gasteiger partial charge in [-0.1, -0.05) is 6.92 Å². The van der Waals surface area contributed by atoms with Crippen molar-refractivity contribution in [2.75, 3.05) is 71.4 Å². The molecule has 1 rings (SSSR count).